The lowest BCUT2D eigenvalue weighted by molar-refractivity contribution is -0.152. The van der Waals surface area contributed by atoms with E-state index in [4.69, 9.17) is 4.74 Å². The number of hydrogen-bond acceptors (Lipinski definition) is 5. The summed E-state index contributed by atoms with van der Waals surface area (Å²) in [5.41, 5.74) is 1.16. The van der Waals surface area contributed by atoms with Gasteiger partial charge in [0.2, 0.25) is 0 Å². The molecule has 1 aliphatic carbocycles. The molecule has 1 heterocycles. The Morgan fingerprint density at radius 3 is 2.48 bits per heavy atom. The maximum absolute atomic E-state index is 12.4. The van der Waals surface area contributed by atoms with Crippen molar-refractivity contribution < 1.29 is 9.53 Å². The molecule has 1 aromatic heterocycles. The molecule has 134 valence electrons. The van der Waals surface area contributed by atoms with E-state index in [1.807, 2.05) is 30.3 Å². The fourth-order valence-corrected chi connectivity index (χ4v) is 3.51. The third-order valence-electron chi connectivity index (χ3n) is 5.16. The van der Waals surface area contributed by atoms with E-state index in [-0.39, 0.29) is 18.5 Å². The van der Waals surface area contributed by atoms with Crippen LogP contribution in [-0.4, -0.2) is 26.2 Å². The van der Waals surface area contributed by atoms with Gasteiger partial charge in [0.25, 0.3) is 0 Å². The van der Waals surface area contributed by atoms with Crippen LogP contribution in [0.25, 0.3) is 5.69 Å². The van der Waals surface area contributed by atoms with E-state index >= 15 is 0 Å². The number of rotatable bonds is 4. The fraction of sp³-hybridized carbons (Fsp3) is 0.579. The van der Waals surface area contributed by atoms with E-state index in [1.165, 1.54) is 0 Å². The van der Waals surface area contributed by atoms with Crippen molar-refractivity contribution in [2.24, 2.45) is 17.3 Å². The smallest absolute Gasteiger partial charge is 0.309 e. The lowest BCUT2D eigenvalue weighted by Gasteiger charge is -2.36. The minimum Gasteiger partial charge on any atom is -0.457 e. The Morgan fingerprint density at radius 1 is 1.16 bits per heavy atom. The van der Waals surface area contributed by atoms with Gasteiger partial charge in [0.1, 0.15) is 0 Å². The Morgan fingerprint density at radius 2 is 1.84 bits per heavy atom. The molecule has 1 aliphatic rings. The van der Waals surface area contributed by atoms with Crippen LogP contribution in [0.15, 0.2) is 30.3 Å². The molecule has 1 fully saturated rings. The second-order valence-electron chi connectivity index (χ2n) is 7.86. The molecule has 0 amide bonds. The van der Waals surface area contributed by atoms with Crippen LogP contribution in [0.5, 0.6) is 0 Å². The molecular weight excluding hydrogens is 316 g/mol. The fourth-order valence-electron chi connectivity index (χ4n) is 3.51. The Labute approximate surface area is 148 Å². The number of carbonyl (C=O) groups excluding carboxylic acids is 1. The van der Waals surface area contributed by atoms with Crippen molar-refractivity contribution in [3.8, 4) is 5.69 Å². The first-order valence-corrected chi connectivity index (χ1v) is 8.94. The largest absolute Gasteiger partial charge is 0.457 e. The first kappa shape index (κ1) is 17.6. The highest BCUT2D eigenvalue weighted by Crippen LogP contribution is 2.40. The molecule has 6 nitrogen and oxygen atoms in total. The summed E-state index contributed by atoms with van der Waals surface area (Å²) in [6.45, 7) is 6.93. The molecule has 0 bridgehead atoms. The van der Waals surface area contributed by atoms with Crippen LogP contribution in [0.3, 0.4) is 0 Å². The van der Waals surface area contributed by atoms with Crippen LogP contribution >= 0.6 is 0 Å². The van der Waals surface area contributed by atoms with Gasteiger partial charge in [-0.3, -0.25) is 4.79 Å². The molecule has 0 spiro atoms. The normalized spacial score (nSPS) is 21.1. The first-order valence-electron chi connectivity index (χ1n) is 8.94. The predicted molar refractivity (Wildman–Crippen MR) is 93.9 cm³/mol. The molecule has 0 N–H and O–H groups in total. The van der Waals surface area contributed by atoms with Gasteiger partial charge in [0.05, 0.1) is 11.6 Å². The molecule has 1 aromatic carbocycles. The minimum atomic E-state index is -0.130. The molecule has 0 unspecified atom stereocenters. The molecular formula is C19H26N4O2. The summed E-state index contributed by atoms with van der Waals surface area (Å²) < 4.78 is 7.11. The van der Waals surface area contributed by atoms with Crippen molar-refractivity contribution in [1.29, 1.82) is 0 Å². The summed E-state index contributed by atoms with van der Waals surface area (Å²) in [6, 6.07) is 9.59. The number of para-hydroxylation sites is 1. The van der Waals surface area contributed by atoms with Crippen LogP contribution in [0.4, 0.5) is 0 Å². The third-order valence-corrected chi connectivity index (χ3v) is 5.16. The van der Waals surface area contributed by atoms with Crippen molar-refractivity contribution in [2.75, 3.05) is 0 Å². The number of carbonyl (C=O) groups is 1. The lowest BCUT2D eigenvalue weighted by Crippen LogP contribution is -2.29. The third kappa shape index (κ3) is 4.24. The van der Waals surface area contributed by atoms with Gasteiger partial charge in [-0.1, -0.05) is 39.0 Å². The van der Waals surface area contributed by atoms with Crippen molar-refractivity contribution in [3.63, 3.8) is 0 Å². The lowest BCUT2D eigenvalue weighted by atomic mass is 9.70. The second-order valence-corrected chi connectivity index (χ2v) is 7.86. The zero-order valence-electron chi connectivity index (χ0n) is 15.2. The number of esters is 1. The van der Waals surface area contributed by atoms with Crippen molar-refractivity contribution >= 4 is 5.97 Å². The number of tetrazole rings is 1. The number of nitrogens with zero attached hydrogens (tertiary/aromatic N) is 4. The highest BCUT2D eigenvalue weighted by molar-refractivity contribution is 5.72. The van der Waals surface area contributed by atoms with Crippen LogP contribution in [0.2, 0.25) is 0 Å². The van der Waals surface area contributed by atoms with Gasteiger partial charge in [-0.05, 0) is 59.6 Å². The first-order chi connectivity index (χ1) is 11.9. The van der Waals surface area contributed by atoms with Crippen molar-refractivity contribution in [3.05, 3.63) is 36.2 Å². The summed E-state index contributed by atoms with van der Waals surface area (Å²) in [7, 11) is 0. The molecule has 6 heteroatoms. The number of benzene rings is 1. The van der Waals surface area contributed by atoms with Gasteiger partial charge in [-0.2, -0.15) is 4.68 Å². The highest BCUT2D eigenvalue weighted by Gasteiger charge is 2.33. The topological polar surface area (TPSA) is 69.9 Å². The van der Waals surface area contributed by atoms with E-state index in [9.17, 15) is 4.79 Å². The maximum atomic E-state index is 12.4. The summed E-state index contributed by atoms with van der Waals surface area (Å²) in [6.07, 6.45) is 3.99. The molecule has 0 saturated heterocycles. The Balaban J connectivity index is 1.55. The standard InChI is InChI=1S/C19H26N4O2/c1-19(2,3)15-11-9-14(10-12-15)18(24)25-13-17-20-21-22-23(17)16-7-5-4-6-8-16/h4-8,14-15H,9-13H2,1-3H3. The van der Waals surface area contributed by atoms with Gasteiger partial charge in [0, 0.05) is 0 Å². The van der Waals surface area contributed by atoms with Crippen LogP contribution in [-0.2, 0) is 16.1 Å². The number of aromatic nitrogens is 4. The van der Waals surface area contributed by atoms with Crippen LogP contribution in [0, 0.1) is 17.3 Å². The quantitative estimate of drug-likeness (QED) is 0.795. The number of ether oxygens (including phenoxy) is 1. The molecule has 0 radical (unpaired) electrons. The molecule has 2 aromatic rings. The summed E-state index contributed by atoms with van der Waals surface area (Å²) in [4.78, 5) is 12.4. The summed E-state index contributed by atoms with van der Waals surface area (Å²) >= 11 is 0. The van der Waals surface area contributed by atoms with Gasteiger partial charge in [-0.25, -0.2) is 0 Å². The zero-order chi connectivity index (χ0) is 17.9. The zero-order valence-corrected chi connectivity index (χ0v) is 15.2. The molecule has 3 rings (SSSR count). The van der Waals surface area contributed by atoms with E-state index in [2.05, 4.69) is 36.3 Å². The Bertz CT molecular complexity index is 698. The van der Waals surface area contributed by atoms with E-state index in [0.29, 0.717) is 17.2 Å². The highest BCUT2D eigenvalue weighted by atomic mass is 16.5. The van der Waals surface area contributed by atoms with E-state index < -0.39 is 0 Å². The molecule has 25 heavy (non-hydrogen) atoms. The summed E-state index contributed by atoms with van der Waals surface area (Å²) in [5, 5.41) is 11.7. The van der Waals surface area contributed by atoms with Gasteiger partial charge in [0.15, 0.2) is 12.4 Å². The SMILES string of the molecule is CC(C)(C)C1CCC(C(=O)OCc2nnnn2-c2ccccc2)CC1. The monoisotopic (exact) mass is 342 g/mol. The van der Waals surface area contributed by atoms with Crippen molar-refractivity contribution in [2.45, 2.75) is 53.1 Å². The molecule has 1 saturated carbocycles. The molecule has 0 aliphatic heterocycles. The number of hydrogen-bond donors (Lipinski definition) is 0. The predicted octanol–water partition coefficient (Wildman–Crippen LogP) is 3.56. The van der Waals surface area contributed by atoms with Gasteiger partial charge in [-0.15, -0.1) is 5.10 Å². The average Bonchev–Trinajstić information content (AvgIpc) is 3.08. The van der Waals surface area contributed by atoms with Crippen LogP contribution < -0.4 is 0 Å². The van der Waals surface area contributed by atoms with Crippen molar-refractivity contribution in [1.82, 2.24) is 20.2 Å². The van der Waals surface area contributed by atoms with Gasteiger partial charge >= 0.3 is 5.97 Å². The van der Waals surface area contributed by atoms with E-state index in [0.717, 1.165) is 31.4 Å². The average molecular weight is 342 g/mol. The Hall–Kier alpha value is -2.24. The summed E-state index contributed by atoms with van der Waals surface area (Å²) in [5.74, 6) is 1.08. The Kier molecular flexibility index (Phi) is 5.16. The van der Waals surface area contributed by atoms with Gasteiger partial charge < -0.3 is 4.74 Å². The van der Waals surface area contributed by atoms with E-state index in [1.54, 1.807) is 4.68 Å². The van der Waals surface area contributed by atoms with Crippen LogP contribution in [0.1, 0.15) is 52.3 Å². The molecule has 0 atom stereocenters. The second kappa shape index (κ2) is 7.33. The maximum Gasteiger partial charge on any atom is 0.309 e. The minimum absolute atomic E-state index is 0.000319.